The summed E-state index contributed by atoms with van der Waals surface area (Å²) in [6, 6.07) is 13.0. The van der Waals surface area contributed by atoms with Crippen LogP contribution in [0.1, 0.15) is 12.5 Å². The van der Waals surface area contributed by atoms with Crippen LogP contribution in [0.2, 0.25) is 10.0 Å². The fourth-order valence-electron chi connectivity index (χ4n) is 2.09. The van der Waals surface area contributed by atoms with Crippen LogP contribution >= 0.6 is 23.2 Å². The summed E-state index contributed by atoms with van der Waals surface area (Å²) in [5.41, 5.74) is 7.90. The molecule has 134 valence electrons. The number of ether oxygens (including phenoxy) is 1. The molecule has 0 aromatic heterocycles. The molecule has 25 heavy (non-hydrogen) atoms. The molecule has 1 atom stereocenters. The Labute approximate surface area is 157 Å². The zero-order chi connectivity index (χ0) is 18.2. The van der Waals surface area contributed by atoms with Crippen LogP contribution in [0.25, 0.3) is 0 Å². The smallest absolute Gasteiger partial charge is 0.193 e. The minimum absolute atomic E-state index is 0.0299. The number of hydrogen-bond donors (Lipinski definition) is 3. The van der Waals surface area contributed by atoms with E-state index in [4.69, 9.17) is 33.7 Å². The number of nitrogens with one attached hydrogen (secondary N) is 1. The van der Waals surface area contributed by atoms with Crippen molar-refractivity contribution in [3.05, 3.63) is 58.1 Å². The van der Waals surface area contributed by atoms with Crippen molar-refractivity contribution in [2.24, 2.45) is 10.7 Å². The van der Waals surface area contributed by atoms with E-state index in [1.165, 1.54) is 5.56 Å². The highest BCUT2D eigenvalue weighted by molar-refractivity contribution is 6.42. The number of anilines is 1. The van der Waals surface area contributed by atoms with Gasteiger partial charge >= 0.3 is 0 Å². The van der Waals surface area contributed by atoms with Gasteiger partial charge in [0, 0.05) is 5.69 Å². The van der Waals surface area contributed by atoms with E-state index in [-0.39, 0.29) is 19.1 Å². The van der Waals surface area contributed by atoms with Crippen LogP contribution in [-0.2, 0) is 6.42 Å². The number of nitrogens with two attached hydrogens (primary N) is 1. The maximum Gasteiger partial charge on any atom is 0.193 e. The summed E-state index contributed by atoms with van der Waals surface area (Å²) in [6.07, 6.45) is 0.117. The summed E-state index contributed by atoms with van der Waals surface area (Å²) in [5, 5.41) is 13.7. The Morgan fingerprint density at radius 2 is 2.04 bits per heavy atom. The summed E-state index contributed by atoms with van der Waals surface area (Å²) >= 11 is 11.9. The topological polar surface area (TPSA) is 79.9 Å². The highest BCUT2D eigenvalue weighted by Gasteiger charge is 2.09. The fraction of sp³-hybridized carbons (Fsp3) is 0.278. The van der Waals surface area contributed by atoms with Gasteiger partial charge in [-0.25, -0.2) is 0 Å². The molecule has 5 nitrogen and oxygen atoms in total. The monoisotopic (exact) mass is 381 g/mol. The number of nitrogens with zero attached hydrogens (tertiary/aromatic N) is 1. The second-order valence-corrected chi connectivity index (χ2v) is 6.21. The van der Waals surface area contributed by atoms with Crippen LogP contribution < -0.4 is 15.8 Å². The third-order valence-electron chi connectivity index (χ3n) is 3.43. The van der Waals surface area contributed by atoms with Crippen molar-refractivity contribution in [1.82, 2.24) is 0 Å². The van der Waals surface area contributed by atoms with Crippen molar-refractivity contribution < 1.29 is 9.84 Å². The summed E-state index contributed by atoms with van der Waals surface area (Å²) in [4.78, 5) is 4.12. The van der Waals surface area contributed by atoms with Gasteiger partial charge < -0.3 is 20.9 Å². The molecule has 0 heterocycles. The molecule has 2 aromatic carbocycles. The number of aryl methyl sites for hydroxylation is 1. The van der Waals surface area contributed by atoms with Crippen LogP contribution in [0.3, 0.4) is 0 Å². The summed E-state index contributed by atoms with van der Waals surface area (Å²) in [6.45, 7) is 2.21. The molecule has 0 spiro atoms. The van der Waals surface area contributed by atoms with Gasteiger partial charge in [-0.05, 0) is 36.2 Å². The van der Waals surface area contributed by atoms with Gasteiger partial charge in [0.15, 0.2) is 5.96 Å². The largest absolute Gasteiger partial charge is 0.489 e. The number of halogens is 2. The Bertz CT molecular complexity index is 738. The normalized spacial score (nSPS) is 12.7. The van der Waals surface area contributed by atoms with Gasteiger partial charge in [-0.1, -0.05) is 48.3 Å². The van der Waals surface area contributed by atoms with Crippen molar-refractivity contribution in [3.8, 4) is 5.75 Å². The van der Waals surface area contributed by atoms with Crippen molar-refractivity contribution in [2.45, 2.75) is 19.4 Å². The zero-order valence-corrected chi connectivity index (χ0v) is 15.4. The summed E-state index contributed by atoms with van der Waals surface area (Å²) in [7, 11) is 0. The van der Waals surface area contributed by atoms with Gasteiger partial charge in [0.25, 0.3) is 0 Å². The Morgan fingerprint density at radius 3 is 2.80 bits per heavy atom. The van der Waals surface area contributed by atoms with E-state index in [1.54, 1.807) is 18.2 Å². The Hall–Kier alpha value is -1.95. The first-order chi connectivity index (χ1) is 12.0. The number of aliphatic imine (C=N–C) groups is 1. The lowest BCUT2D eigenvalue weighted by Crippen LogP contribution is -2.27. The van der Waals surface area contributed by atoms with E-state index in [0.717, 1.165) is 12.1 Å². The fourth-order valence-corrected chi connectivity index (χ4v) is 2.44. The maximum absolute atomic E-state index is 9.98. The van der Waals surface area contributed by atoms with Crippen molar-refractivity contribution in [2.75, 3.05) is 18.5 Å². The highest BCUT2D eigenvalue weighted by atomic mass is 35.5. The molecule has 0 radical (unpaired) electrons. The third-order valence-corrected chi connectivity index (χ3v) is 4.23. The molecule has 2 aromatic rings. The Morgan fingerprint density at radius 1 is 1.28 bits per heavy atom. The van der Waals surface area contributed by atoms with Crippen LogP contribution in [0.15, 0.2) is 47.5 Å². The lowest BCUT2D eigenvalue weighted by molar-refractivity contribution is 0.114. The van der Waals surface area contributed by atoms with E-state index in [0.29, 0.717) is 15.8 Å². The molecular weight excluding hydrogens is 361 g/mol. The summed E-state index contributed by atoms with van der Waals surface area (Å²) < 4.78 is 5.46. The van der Waals surface area contributed by atoms with Gasteiger partial charge in [0.1, 0.15) is 23.5 Å². The van der Waals surface area contributed by atoms with Crippen molar-refractivity contribution in [3.63, 3.8) is 0 Å². The molecule has 1 unspecified atom stereocenters. The number of rotatable bonds is 7. The number of aliphatic hydroxyl groups is 1. The molecule has 0 saturated carbocycles. The van der Waals surface area contributed by atoms with Crippen molar-refractivity contribution >= 4 is 34.8 Å². The second kappa shape index (κ2) is 9.51. The number of hydrogen-bond acceptors (Lipinski definition) is 3. The standard InChI is InChI=1S/C18H21Cl2N3O2/c1-2-12-5-3-6-13(9-12)23-18(21)22-10-14(24)11-25-16-8-4-7-15(19)17(16)20/h3-9,14,24H,2,10-11H2,1H3,(H3,21,22,23). The molecule has 0 saturated heterocycles. The Kier molecular flexibility index (Phi) is 7.37. The molecule has 0 bridgehead atoms. The van der Waals surface area contributed by atoms with Crippen LogP contribution in [0, 0.1) is 0 Å². The lowest BCUT2D eigenvalue weighted by Gasteiger charge is -2.13. The zero-order valence-electron chi connectivity index (χ0n) is 13.9. The minimum atomic E-state index is -0.822. The predicted octanol–water partition coefficient (Wildman–Crippen LogP) is 3.72. The molecule has 0 fully saturated rings. The molecule has 4 N–H and O–H groups in total. The average Bonchev–Trinajstić information content (AvgIpc) is 2.61. The first-order valence-corrected chi connectivity index (χ1v) is 8.66. The van der Waals surface area contributed by atoms with E-state index in [1.807, 2.05) is 24.3 Å². The predicted molar refractivity (Wildman–Crippen MR) is 104 cm³/mol. The van der Waals surface area contributed by atoms with Crippen molar-refractivity contribution in [1.29, 1.82) is 0 Å². The first kappa shape index (κ1) is 19.4. The molecule has 0 aliphatic rings. The highest BCUT2D eigenvalue weighted by Crippen LogP contribution is 2.31. The van der Waals surface area contributed by atoms with Gasteiger partial charge in [0.05, 0.1) is 11.6 Å². The van der Waals surface area contributed by atoms with E-state index < -0.39 is 6.10 Å². The quantitative estimate of drug-likeness (QED) is 0.504. The van der Waals surface area contributed by atoms with E-state index >= 15 is 0 Å². The second-order valence-electron chi connectivity index (χ2n) is 5.42. The number of aliphatic hydroxyl groups excluding tert-OH is 1. The summed E-state index contributed by atoms with van der Waals surface area (Å²) in [5.74, 6) is 0.646. The van der Waals surface area contributed by atoms with Gasteiger partial charge in [-0.15, -0.1) is 0 Å². The molecule has 2 rings (SSSR count). The number of benzene rings is 2. The van der Waals surface area contributed by atoms with E-state index in [2.05, 4.69) is 17.2 Å². The Balaban J connectivity index is 1.84. The third kappa shape index (κ3) is 6.12. The van der Waals surface area contributed by atoms with Crippen LogP contribution in [0.4, 0.5) is 5.69 Å². The molecule has 0 aliphatic heterocycles. The molecular formula is C18H21Cl2N3O2. The van der Waals surface area contributed by atoms with E-state index in [9.17, 15) is 5.11 Å². The van der Waals surface area contributed by atoms with Crippen LogP contribution in [-0.4, -0.2) is 30.3 Å². The van der Waals surface area contributed by atoms with Gasteiger partial charge in [-0.2, -0.15) is 0 Å². The maximum atomic E-state index is 9.98. The van der Waals surface area contributed by atoms with Crippen LogP contribution in [0.5, 0.6) is 5.75 Å². The van der Waals surface area contributed by atoms with Gasteiger partial charge in [0.2, 0.25) is 0 Å². The molecule has 7 heteroatoms. The molecule has 0 aliphatic carbocycles. The minimum Gasteiger partial charge on any atom is -0.489 e. The lowest BCUT2D eigenvalue weighted by atomic mass is 10.1. The number of guanidine groups is 1. The van der Waals surface area contributed by atoms with Gasteiger partial charge in [-0.3, -0.25) is 4.99 Å². The average molecular weight is 382 g/mol. The molecule has 0 amide bonds. The first-order valence-electron chi connectivity index (χ1n) is 7.90. The SMILES string of the molecule is CCc1cccc(NC(N)=NCC(O)COc2cccc(Cl)c2Cl)c1.